The summed E-state index contributed by atoms with van der Waals surface area (Å²) in [5, 5.41) is 1.14. The second-order valence-electron chi connectivity index (χ2n) is 10.2. The van der Waals surface area contributed by atoms with E-state index in [0.717, 1.165) is 27.7 Å². The molecule has 4 aromatic rings. The summed E-state index contributed by atoms with van der Waals surface area (Å²) in [6.07, 6.45) is 5.16. The molecule has 0 radical (unpaired) electrons. The molecule has 0 bridgehead atoms. The highest BCUT2D eigenvalue weighted by Crippen LogP contribution is 2.46. The maximum absolute atomic E-state index is 12.8. The first-order chi connectivity index (χ1) is 16.7. The highest BCUT2D eigenvalue weighted by Gasteiger charge is 2.43. The second kappa shape index (κ2) is 8.48. The Hall–Kier alpha value is -3.74. The van der Waals surface area contributed by atoms with Crippen LogP contribution in [0.15, 0.2) is 60.9 Å². The standard InChI is InChI=1S/C28H31N3O4/c1-27(2,3)35-26(33)30-15-12-28(13-16-30,21-18-29-22-10-6-5-9-19(21)22)24-17-20(25(32)34-4)23-11-7-8-14-31(23)24/h5-11,14,17-18,29H,12-13,15-16H2,1-4H3. The molecule has 7 nitrogen and oxygen atoms in total. The van der Waals surface area contributed by atoms with Crippen LogP contribution in [0, 0.1) is 0 Å². The number of hydrogen-bond acceptors (Lipinski definition) is 4. The highest BCUT2D eigenvalue weighted by molar-refractivity contribution is 5.98. The predicted molar refractivity (Wildman–Crippen MR) is 135 cm³/mol. The third kappa shape index (κ3) is 3.95. The van der Waals surface area contributed by atoms with Crippen LogP contribution in [0.2, 0.25) is 0 Å². The number of piperidine rings is 1. The number of nitrogens with one attached hydrogen (secondary N) is 1. The summed E-state index contributed by atoms with van der Waals surface area (Å²) in [4.78, 5) is 30.7. The molecule has 3 aromatic heterocycles. The minimum atomic E-state index is -0.546. The van der Waals surface area contributed by atoms with Crippen molar-refractivity contribution in [3.8, 4) is 0 Å². The van der Waals surface area contributed by atoms with Crippen LogP contribution in [0.3, 0.4) is 0 Å². The van der Waals surface area contributed by atoms with Crippen LogP contribution in [0.5, 0.6) is 0 Å². The molecule has 1 N–H and O–H groups in total. The summed E-state index contributed by atoms with van der Waals surface area (Å²) in [7, 11) is 1.41. The van der Waals surface area contributed by atoms with Crippen molar-refractivity contribution in [3.63, 3.8) is 0 Å². The van der Waals surface area contributed by atoms with E-state index in [9.17, 15) is 9.59 Å². The average Bonchev–Trinajstić information content (AvgIpc) is 3.45. The third-order valence-corrected chi connectivity index (χ3v) is 6.95. The number of methoxy groups -OCH3 is 1. The molecule has 0 saturated carbocycles. The molecule has 1 fully saturated rings. The number of fused-ring (bicyclic) bond motifs is 2. The zero-order chi connectivity index (χ0) is 24.8. The highest BCUT2D eigenvalue weighted by atomic mass is 16.6. The Kier molecular flexibility index (Phi) is 5.58. The van der Waals surface area contributed by atoms with E-state index in [1.54, 1.807) is 4.90 Å². The molecule has 1 aliphatic heterocycles. The number of esters is 1. The van der Waals surface area contributed by atoms with Gasteiger partial charge in [-0.25, -0.2) is 9.59 Å². The van der Waals surface area contributed by atoms with E-state index in [4.69, 9.17) is 9.47 Å². The maximum atomic E-state index is 12.8. The summed E-state index contributed by atoms with van der Waals surface area (Å²) < 4.78 is 12.8. The van der Waals surface area contributed by atoms with Gasteiger partial charge in [-0.1, -0.05) is 24.3 Å². The number of ether oxygens (including phenoxy) is 2. The Balaban J connectivity index is 1.65. The quantitative estimate of drug-likeness (QED) is 0.397. The average molecular weight is 474 g/mol. The van der Waals surface area contributed by atoms with Crippen molar-refractivity contribution >= 4 is 28.5 Å². The lowest BCUT2D eigenvalue weighted by Crippen LogP contribution is -2.47. The van der Waals surface area contributed by atoms with Crippen LogP contribution in [0.1, 0.15) is 55.2 Å². The number of carbonyl (C=O) groups is 2. The van der Waals surface area contributed by atoms with E-state index < -0.39 is 11.0 Å². The van der Waals surface area contributed by atoms with Gasteiger partial charge in [0.15, 0.2) is 0 Å². The molecule has 1 aliphatic rings. The summed E-state index contributed by atoms with van der Waals surface area (Å²) in [6.45, 7) is 6.73. The predicted octanol–water partition coefficient (Wildman–Crippen LogP) is 5.52. The first-order valence-electron chi connectivity index (χ1n) is 12.0. The Morgan fingerprint density at radius 3 is 2.46 bits per heavy atom. The van der Waals surface area contributed by atoms with E-state index in [1.165, 1.54) is 7.11 Å². The second-order valence-corrected chi connectivity index (χ2v) is 10.2. The lowest BCUT2D eigenvalue weighted by Gasteiger charge is -2.42. The van der Waals surface area contributed by atoms with Gasteiger partial charge in [0.2, 0.25) is 0 Å². The van der Waals surface area contributed by atoms with Crippen molar-refractivity contribution in [2.24, 2.45) is 0 Å². The number of benzene rings is 1. The van der Waals surface area contributed by atoms with Gasteiger partial charge in [-0.3, -0.25) is 0 Å². The number of aromatic amines is 1. The van der Waals surface area contributed by atoms with Crippen molar-refractivity contribution < 1.29 is 19.1 Å². The Morgan fingerprint density at radius 1 is 1.03 bits per heavy atom. The Morgan fingerprint density at radius 2 is 1.74 bits per heavy atom. The molecule has 7 heteroatoms. The zero-order valence-electron chi connectivity index (χ0n) is 20.6. The number of hydrogen-bond donors (Lipinski definition) is 1. The number of nitrogens with zero attached hydrogens (tertiary/aromatic N) is 2. The summed E-state index contributed by atoms with van der Waals surface area (Å²) in [5.41, 5.74) is 3.62. The van der Waals surface area contributed by atoms with Gasteiger partial charge in [-0.2, -0.15) is 0 Å². The molecule has 0 spiro atoms. The van der Waals surface area contributed by atoms with Gasteiger partial charge in [0.05, 0.1) is 18.2 Å². The zero-order valence-corrected chi connectivity index (χ0v) is 20.6. The van der Waals surface area contributed by atoms with Crippen molar-refractivity contribution in [1.82, 2.24) is 14.3 Å². The van der Waals surface area contributed by atoms with Gasteiger partial charge in [0, 0.05) is 47.5 Å². The molecule has 0 unspecified atom stereocenters. The minimum absolute atomic E-state index is 0.291. The third-order valence-electron chi connectivity index (χ3n) is 6.95. The normalized spacial score (nSPS) is 15.9. The van der Waals surface area contributed by atoms with E-state index >= 15 is 0 Å². The molecule has 1 aromatic carbocycles. The van der Waals surface area contributed by atoms with E-state index in [-0.39, 0.29) is 12.1 Å². The van der Waals surface area contributed by atoms with Gasteiger partial charge in [-0.15, -0.1) is 0 Å². The molecule has 1 saturated heterocycles. The Labute approximate surface area is 204 Å². The molecule has 5 rings (SSSR count). The molecule has 182 valence electrons. The fourth-order valence-corrected chi connectivity index (χ4v) is 5.32. The maximum Gasteiger partial charge on any atom is 0.410 e. The molecular weight excluding hydrogens is 442 g/mol. The van der Waals surface area contributed by atoms with Gasteiger partial charge in [-0.05, 0) is 63.4 Å². The van der Waals surface area contributed by atoms with Crippen LogP contribution < -0.4 is 0 Å². The summed E-state index contributed by atoms with van der Waals surface area (Å²) >= 11 is 0. The van der Waals surface area contributed by atoms with Gasteiger partial charge in [0.25, 0.3) is 0 Å². The molecule has 0 aliphatic carbocycles. The number of para-hydroxylation sites is 1. The van der Waals surface area contributed by atoms with E-state index in [1.807, 2.05) is 63.4 Å². The molecule has 0 atom stereocenters. The van der Waals surface area contributed by atoms with Crippen molar-refractivity contribution in [1.29, 1.82) is 0 Å². The fourth-order valence-electron chi connectivity index (χ4n) is 5.32. The van der Waals surface area contributed by atoms with Gasteiger partial charge < -0.3 is 23.8 Å². The van der Waals surface area contributed by atoms with Crippen LogP contribution >= 0.6 is 0 Å². The largest absolute Gasteiger partial charge is 0.465 e. The van der Waals surface area contributed by atoms with Crippen LogP contribution in [-0.2, 0) is 14.9 Å². The molecule has 1 amide bonds. The van der Waals surface area contributed by atoms with Gasteiger partial charge >= 0.3 is 12.1 Å². The number of carbonyl (C=O) groups excluding carboxylic acids is 2. The summed E-state index contributed by atoms with van der Waals surface area (Å²) in [6, 6.07) is 16.0. The van der Waals surface area contributed by atoms with Crippen molar-refractivity contribution in [2.45, 2.75) is 44.6 Å². The first kappa shape index (κ1) is 23.0. The van der Waals surface area contributed by atoms with Gasteiger partial charge in [0.1, 0.15) is 5.60 Å². The van der Waals surface area contributed by atoms with E-state index in [2.05, 4.69) is 27.7 Å². The number of aromatic nitrogens is 2. The summed E-state index contributed by atoms with van der Waals surface area (Å²) in [5.74, 6) is -0.361. The molecular formula is C28H31N3O4. The van der Waals surface area contributed by atoms with Crippen LogP contribution in [0.25, 0.3) is 16.4 Å². The number of pyridine rings is 1. The lowest BCUT2D eigenvalue weighted by atomic mass is 9.70. The van der Waals surface area contributed by atoms with Crippen molar-refractivity contribution in [3.05, 3.63) is 77.7 Å². The molecule has 4 heterocycles. The minimum Gasteiger partial charge on any atom is -0.465 e. The molecule has 35 heavy (non-hydrogen) atoms. The number of amides is 1. The van der Waals surface area contributed by atoms with Crippen LogP contribution in [0.4, 0.5) is 4.79 Å². The lowest BCUT2D eigenvalue weighted by molar-refractivity contribution is 0.0178. The number of rotatable bonds is 3. The SMILES string of the molecule is COC(=O)c1cc(C2(c3c[nH]c4ccccc34)CCN(C(=O)OC(C)(C)C)CC2)n2ccccc12. The van der Waals surface area contributed by atoms with Crippen molar-refractivity contribution in [2.75, 3.05) is 20.2 Å². The van der Waals surface area contributed by atoms with E-state index in [0.29, 0.717) is 31.5 Å². The smallest absolute Gasteiger partial charge is 0.410 e. The Bertz CT molecular complexity index is 1400. The first-order valence-corrected chi connectivity index (χ1v) is 12.0. The monoisotopic (exact) mass is 473 g/mol. The topological polar surface area (TPSA) is 76.0 Å². The van der Waals surface area contributed by atoms with Crippen LogP contribution in [-0.4, -0.2) is 52.1 Å². The fraction of sp³-hybridized carbons (Fsp3) is 0.357. The number of H-pyrrole nitrogens is 1. The number of likely N-dealkylation sites (tertiary alicyclic amines) is 1.